The molecule has 2 aromatic carbocycles. The van der Waals surface area contributed by atoms with Crippen LogP contribution in [0.3, 0.4) is 0 Å². The maximum Gasteiger partial charge on any atom is 0.254 e. The predicted molar refractivity (Wildman–Crippen MR) is 115 cm³/mol. The van der Waals surface area contributed by atoms with Gasteiger partial charge in [0.2, 0.25) is 15.8 Å². The van der Waals surface area contributed by atoms with Gasteiger partial charge in [0.1, 0.15) is 0 Å². The van der Waals surface area contributed by atoms with Crippen molar-refractivity contribution >= 4 is 33.1 Å². The summed E-state index contributed by atoms with van der Waals surface area (Å²) in [4.78, 5) is 27.6. The van der Waals surface area contributed by atoms with Gasteiger partial charge < -0.3 is 4.90 Å². The molecule has 1 aliphatic heterocycles. The summed E-state index contributed by atoms with van der Waals surface area (Å²) in [6.07, 6.45) is 0. The van der Waals surface area contributed by atoms with E-state index >= 15 is 0 Å². The van der Waals surface area contributed by atoms with E-state index in [0.717, 1.165) is 16.4 Å². The number of amides is 1. The van der Waals surface area contributed by atoms with Crippen molar-refractivity contribution in [2.75, 3.05) is 26.2 Å². The molecule has 6 nitrogen and oxygen atoms in total. The van der Waals surface area contributed by atoms with Gasteiger partial charge >= 0.3 is 0 Å². The van der Waals surface area contributed by atoms with Crippen LogP contribution in [-0.2, 0) is 10.0 Å². The van der Waals surface area contributed by atoms with Gasteiger partial charge in [-0.2, -0.15) is 4.31 Å². The monoisotopic (exact) mass is 476 g/mol. The summed E-state index contributed by atoms with van der Waals surface area (Å²) in [6.45, 7) is 0.189. The minimum Gasteiger partial charge on any atom is -0.336 e. The van der Waals surface area contributed by atoms with Gasteiger partial charge in [-0.15, -0.1) is 11.3 Å². The molecule has 0 unspecified atom stereocenters. The third-order valence-corrected chi connectivity index (χ3v) is 7.97. The van der Waals surface area contributed by atoms with Crippen molar-refractivity contribution in [3.8, 4) is 0 Å². The zero-order valence-electron chi connectivity index (χ0n) is 16.7. The Morgan fingerprint density at radius 1 is 0.844 bits per heavy atom. The average Bonchev–Trinajstić information content (AvgIpc) is 3.35. The molecule has 0 aliphatic carbocycles. The van der Waals surface area contributed by atoms with Crippen molar-refractivity contribution in [2.24, 2.45) is 0 Å². The molecule has 3 aromatic rings. The number of hydrogen-bond donors (Lipinski definition) is 0. The predicted octanol–water partition coefficient (Wildman–Crippen LogP) is 3.40. The van der Waals surface area contributed by atoms with Gasteiger partial charge in [-0.25, -0.2) is 17.2 Å². The topological polar surface area (TPSA) is 74.8 Å². The van der Waals surface area contributed by atoms with Crippen molar-refractivity contribution in [1.29, 1.82) is 0 Å². The number of carbonyl (C=O) groups excluding carboxylic acids is 2. The summed E-state index contributed by atoms with van der Waals surface area (Å²) in [5.74, 6) is -2.99. The van der Waals surface area contributed by atoms with Crippen LogP contribution in [0.2, 0.25) is 0 Å². The number of nitrogens with zero attached hydrogens (tertiary/aromatic N) is 2. The molecule has 2 heterocycles. The zero-order chi connectivity index (χ0) is 22.9. The minimum absolute atomic E-state index is 0.00585. The molecular weight excluding hydrogens is 458 g/mol. The van der Waals surface area contributed by atoms with Crippen molar-refractivity contribution < 1.29 is 26.8 Å². The van der Waals surface area contributed by atoms with Crippen LogP contribution < -0.4 is 0 Å². The van der Waals surface area contributed by atoms with Crippen LogP contribution in [0.15, 0.2) is 64.9 Å². The maximum atomic E-state index is 13.5. The normalized spacial score (nSPS) is 15.0. The number of ketones is 1. The lowest BCUT2D eigenvalue weighted by Gasteiger charge is -2.34. The number of rotatable bonds is 5. The van der Waals surface area contributed by atoms with Crippen molar-refractivity contribution in [1.82, 2.24) is 9.21 Å². The van der Waals surface area contributed by atoms with Crippen LogP contribution in [0.1, 0.15) is 25.6 Å². The van der Waals surface area contributed by atoms with Crippen LogP contribution in [0, 0.1) is 11.6 Å². The van der Waals surface area contributed by atoms with E-state index in [2.05, 4.69) is 0 Å². The van der Waals surface area contributed by atoms with E-state index in [1.807, 2.05) is 0 Å². The first-order chi connectivity index (χ1) is 15.3. The largest absolute Gasteiger partial charge is 0.336 e. The van der Waals surface area contributed by atoms with E-state index in [4.69, 9.17) is 0 Å². The van der Waals surface area contributed by atoms with Crippen LogP contribution in [0.4, 0.5) is 8.78 Å². The fraction of sp³-hybridized carbons (Fsp3) is 0.182. The first kappa shape index (κ1) is 22.3. The number of hydrogen-bond acceptors (Lipinski definition) is 5. The highest BCUT2D eigenvalue weighted by atomic mass is 32.2. The second kappa shape index (κ2) is 8.89. The molecule has 0 saturated carbocycles. The Bertz CT molecular complexity index is 1270. The van der Waals surface area contributed by atoms with E-state index in [1.165, 1.54) is 16.2 Å². The quantitative estimate of drug-likeness (QED) is 0.529. The molecule has 1 amide bonds. The second-order valence-electron chi connectivity index (χ2n) is 7.12. The fourth-order valence-electron chi connectivity index (χ4n) is 3.50. The molecular formula is C22H18F2N2O4S2. The summed E-state index contributed by atoms with van der Waals surface area (Å²) in [5, 5.41) is 1.78. The van der Waals surface area contributed by atoms with Gasteiger partial charge in [0.25, 0.3) is 5.91 Å². The summed E-state index contributed by atoms with van der Waals surface area (Å²) in [7, 11) is -4.03. The van der Waals surface area contributed by atoms with Gasteiger partial charge in [0.05, 0.1) is 15.3 Å². The maximum absolute atomic E-state index is 13.5. The first-order valence-electron chi connectivity index (χ1n) is 9.71. The zero-order valence-corrected chi connectivity index (χ0v) is 18.3. The van der Waals surface area contributed by atoms with E-state index in [-0.39, 0.29) is 53.9 Å². The van der Waals surface area contributed by atoms with E-state index in [0.29, 0.717) is 10.9 Å². The van der Waals surface area contributed by atoms with Gasteiger partial charge in [-0.1, -0.05) is 24.3 Å². The summed E-state index contributed by atoms with van der Waals surface area (Å²) in [5.41, 5.74) is 0.541. The number of piperazine rings is 1. The first-order valence-corrected chi connectivity index (χ1v) is 12.0. The number of sulfonamides is 1. The molecule has 0 spiro atoms. The summed E-state index contributed by atoms with van der Waals surface area (Å²) >= 11 is 1.29. The van der Waals surface area contributed by atoms with Crippen molar-refractivity contribution in [2.45, 2.75) is 4.90 Å². The van der Waals surface area contributed by atoms with Crippen LogP contribution in [0.25, 0.3) is 0 Å². The fourth-order valence-corrected chi connectivity index (χ4v) is 5.61. The molecule has 0 atom stereocenters. The molecule has 0 radical (unpaired) electrons. The van der Waals surface area contributed by atoms with Crippen molar-refractivity contribution in [3.05, 3.63) is 87.6 Å². The average molecular weight is 477 g/mol. The molecule has 1 fully saturated rings. The Morgan fingerprint density at radius 2 is 1.53 bits per heavy atom. The lowest BCUT2D eigenvalue weighted by molar-refractivity contribution is 0.0694. The highest BCUT2D eigenvalue weighted by Crippen LogP contribution is 2.23. The Morgan fingerprint density at radius 3 is 2.16 bits per heavy atom. The van der Waals surface area contributed by atoms with E-state index in [9.17, 15) is 26.8 Å². The molecule has 166 valence electrons. The third kappa shape index (κ3) is 4.21. The molecule has 1 aromatic heterocycles. The number of halogens is 2. The summed E-state index contributed by atoms with van der Waals surface area (Å²) < 4.78 is 53.3. The lowest BCUT2D eigenvalue weighted by atomic mass is 10.0. The highest BCUT2D eigenvalue weighted by molar-refractivity contribution is 7.89. The SMILES string of the molecule is O=C(c1cccs1)c1ccccc1C(=O)N1CCN(S(=O)(=O)c2ccc(F)c(F)c2)CC1. The van der Waals surface area contributed by atoms with Crippen LogP contribution in [-0.4, -0.2) is 55.5 Å². The van der Waals surface area contributed by atoms with Crippen molar-refractivity contribution in [3.63, 3.8) is 0 Å². The molecule has 1 aliphatic rings. The third-order valence-electron chi connectivity index (χ3n) is 5.20. The van der Waals surface area contributed by atoms with Gasteiger partial charge in [0.15, 0.2) is 11.6 Å². The van der Waals surface area contributed by atoms with E-state index < -0.39 is 21.7 Å². The molecule has 0 bridgehead atoms. The molecule has 10 heteroatoms. The number of benzene rings is 2. The molecule has 4 rings (SSSR count). The Kier molecular flexibility index (Phi) is 6.18. The molecule has 1 saturated heterocycles. The number of carbonyl (C=O) groups is 2. The molecule has 32 heavy (non-hydrogen) atoms. The lowest BCUT2D eigenvalue weighted by Crippen LogP contribution is -2.50. The van der Waals surface area contributed by atoms with Gasteiger partial charge in [-0.05, 0) is 35.7 Å². The van der Waals surface area contributed by atoms with Crippen LogP contribution in [0.5, 0.6) is 0 Å². The highest BCUT2D eigenvalue weighted by Gasteiger charge is 2.32. The Balaban J connectivity index is 1.50. The second-order valence-corrected chi connectivity index (χ2v) is 10.0. The standard InChI is InChI=1S/C22H18F2N2O4S2/c23-18-8-7-15(14-19(18)24)32(29,30)26-11-9-25(10-12-26)22(28)17-5-2-1-4-16(17)21(27)20-6-3-13-31-20/h1-8,13-14H,9-12H2. The molecule has 0 N–H and O–H groups in total. The van der Waals surface area contributed by atoms with Gasteiger partial charge in [0, 0.05) is 31.7 Å². The smallest absolute Gasteiger partial charge is 0.254 e. The van der Waals surface area contributed by atoms with E-state index in [1.54, 1.807) is 41.8 Å². The Hall–Kier alpha value is -2.95. The minimum atomic E-state index is -4.03. The van der Waals surface area contributed by atoms with Gasteiger partial charge in [-0.3, -0.25) is 9.59 Å². The summed E-state index contributed by atoms with van der Waals surface area (Å²) in [6, 6.07) is 12.4. The number of thiophene rings is 1. The Labute approximate surface area is 187 Å². The van der Waals surface area contributed by atoms with Crippen LogP contribution >= 0.6 is 11.3 Å².